The first-order valence-corrected chi connectivity index (χ1v) is 6.05. The molecule has 0 aromatic carbocycles. The van der Waals surface area contributed by atoms with Crippen molar-refractivity contribution in [3.05, 3.63) is 39.5 Å². The SMILES string of the molecule is COc1nccnc1C(O)c1cc(C)c(C)s1. The van der Waals surface area contributed by atoms with Crippen LogP contribution in [0.25, 0.3) is 0 Å². The fourth-order valence-corrected chi connectivity index (χ4v) is 2.58. The second-order valence-corrected chi connectivity index (χ2v) is 5.03. The van der Waals surface area contributed by atoms with E-state index in [-0.39, 0.29) is 0 Å². The minimum absolute atomic E-state index is 0.365. The van der Waals surface area contributed by atoms with E-state index in [4.69, 9.17) is 4.74 Å². The van der Waals surface area contributed by atoms with E-state index in [1.54, 1.807) is 23.7 Å². The van der Waals surface area contributed by atoms with Crippen molar-refractivity contribution in [2.24, 2.45) is 0 Å². The standard InChI is InChI=1S/C12H14N2O2S/c1-7-6-9(17-8(7)2)11(15)10-12(16-3)14-5-4-13-10/h4-6,11,15H,1-3H3. The van der Waals surface area contributed by atoms with Gasteiger partial charge in [-0.2, -0.15) is 0 Å². The molecule has 0 fully saturated rings. The van der Waals surface area contributed by atoms with Crippen LogP contribution in [0.1, 0.15) is 27.1 Å². The van der Waals surface area contributed by atoms with Crippen molar-refractivity contribution in [2.45, 2.75) is 20.0 Å². The number of hydrogen-bond acceptors (Lipinski definition) is 5. The monoisotopic (exact) mass is 250 g/mol. The van der Waals surface area contributed by atoms with Gasteiger partial charge in [0, 0.05) is 22.1 Å². The van der Waals surface area contributed by atoms with Crippen LogP contribution in [-0.2, 0) is 0 Å². The minimum atomic E-state index is -0.781. The lowest BCUT2D eigenvalue weighted by Gasteiger charge is -2.10. The molecule has 2 aromatic rings. The van der Waals surface area contributed by atoms with Crippen LogP contribution in [-0.4, -0.2) is 22.2 Å². The lowest BCUT2D eigenvalue weighted by atomic mass is 10.2. The third-order valence-electron chi connectivity index (χ3n) is 2.60. The van der Waals surface area contributed by atoms with Crippen molar-refractivity contribution in [1.29, 1.82) is 0 Å². The average molecular weight is 250 g/mol. The number of ether oxygens (including phenoxy) is 1. The molecular weight excluding hydrogens is 236 g/mol. The van der Waals surface area contributed by atoms with Gasteiger partial charge in [-0.3, -0.25) is 4.98 Å². The zero-order chi connectivity index (χ0) is 12.4. The number of rotatable bonds is 3. The van der Waals surface area contributed by atoms with E-state index in [0.717, 1.165) is 4.88 Å². The van der Waals surface area contributed by atoms with E-state index >= 15 is 0 Å². The maximum atomic E-state index is 10.3. The molecule has 5 heteroatoms. The van der Waals surface area contributed by atoms with E-state index < -0.39 is 6.10 Å². The van der Waals surface area contributed by atoms with Crippen LogP contribution in [0, 0.1) is 13.8 Å². The van der Waals surface area contributed by atoms with Crippen LogP contribution in [0.15, 0.2) is 18.5 Å². The van der Waals surface area contributed by atoms with Crippen LogP contribution < -0.4 is 4.74 Å². The molecule has 2 aromatic heterocycles. The number of hydrogen-bond donors (Lipinski definition) is 1. The number of thiophene rings is 1. The second-order valence-electron chi connectivity index (χ2n) is 3.74. The topological polar surface area (TPSA) is 55.2 Å². The summed E-state index contributed by atoms with van der Waals surface area (Å²) in [6, 6.07) is 1.97. The van der Waals surface area contributed by atoms with E-state index in [0.29, 0.717) is 11.6 Å². The van der Waals surface area contributed by atoms with Crippen LogP contribution in [0.3, 0.4) is 0 Å². The molecule has 1 N–H and O–H groups in total. The minimum Gasteiger partial charge on any atom is -0.480 e. The first-order chi connectivity index (χ1) is 8.13. The molecule has 0 spiro atoms. The van der Waals surface area contributed by atoms with Crippen molar-refractivity contribution in [3.8, 4) is 5.88 Å². The fraction of sp³-hybridized carbons (Fsp3) is 0.333. The molecule has 0 radical (unpaired) electrons. The molecule has 0 amide bonds. The van der Waals surface area contributed by atoms with Gasteiger partial charge >= 0.3 is 0 Å². The van der Waals surface area contributed by atoms with Crippen molar-refractivity contribution < 1.29 is 9.84 Å². The lowest BCUT2D eigenvalue weighted by Crippen LogP contribution is -2.04. The average Bonchev–Trinajstić information content (AvgIpc) is 2.68. The molecule has 0 aliphatic heterocycles. The zero-order valence-corrected chi connectivity index (χ0v) is 10.8. The van der Waals surface area contributed by atoms with Crippen molar-refractivity contribution in [1.82, 2.24) is 9.97 Å². The van der Waals surface area contributed by atoms with Gasteiger partial charge in [-0.15, -0.1) is 11.3 Å². The molecule has 17 heavy (non-hydrogen) atoms. The fourth-order valence-electron chi connectivity index (χ4n) is 1.55. The number of aromatic nitrogens is 2. The van der Waals surface area contributed by atoms with Gasteiger partial charge in [0.25, 0.3) is 0 Å². The third-order valence-corrected chi connectivity index (χ3v) is 3.80. The molecule has 1 atom stereocenters. The normalized spacial score (nSPS) is 12.5. The van der Waals surface area contributed by atoms with Crippen LogP contribution in [0.4, 0.5) is 0 Å². The Hall–Kier alpha value is -1.46. The van der Waals surface area contributed by atoms with Gasteiger partial charge in [-0.25, -0.2) is 4.98 Å². The molecule has 2 rings (SSSR count). The molecule has 0 aliphatic carbocycles. The molecular formula is C12H14N2O2S. The number of aliphatic hydroxyl groups is 1. The summed E-state index contributed by atoms with van der Waals surface area (Å²) in [5.74, 6) is 0.365. The Morgan fingerprint density at radius 2 is 2.00 bits per heavy atom. The largest absolute Gasteiger partial charge is 0.480 e. The highest BCUT2D eigenvalue weighted by Crippen LogP contribution is 2.32. The Morgan fingerprint density at radius 1 is 1.29 bits per heavy atom. The summed E-state index contributed by atoms with van der Waals surface area (Å²) >= 11 is 1.56. The van der Waals surface area contributed by atoms with Gasteiger partial charge in [0.15, 0.2) is 0 Å². The molecule has 1 unspecified atom stereocenters. The molecule has 4 nitrogen and oxygen atoms in total. The summed E-state index contributed by atoms with van der Waals surface area (Å²) in [6.45, 7) is 4.06. The summed E-state index contributed by atoms with van der Waals surface area (Å²) in [4.78, 5) is 10.2. The maximum absolute atomic E-state index is 10.3. The van der Waals surface area contributed by atoms with E-state index in [9.17, 15) is 5.11 Å². The predicted molar refractivity (Wildman–Crippen MR) is 66.4 cm³/mol. The number of methoxy groups -OCH3 is 1. The van der Waals surface area contributed by atoms with Gasteiger partial charge in [-0.1, -0.05) is 0 Å². The molecule has 0 aliphatic rings. The maximum Gasteiger partial charge on any atom is 0.238 e. The molecule has 0 saturated heterocycles. The summed E-state index contributed by atoms with van der Waals surface area (Å²) < 4.78 is 5.10. The number of nitrogens with zero attached hydrogens (tertiary/aromatic N) is 2. The smallest absolute Gasteiger partial charge is 0.238 e. The Bertz CT molecular complexity index is 505. The first kappa shape index (κ1) is 12.0. The Balaban J connectivity index is 2.39. The van der Waals surface area contributed by atoms with E-state index in [1.807, 2.05) is 19.9 Å². The second kappa shape index (κ2) is 4.81. The van der Waals surface area contributed by atoms with Gasteiger partial charge in [0.1, 0.15) is 11.8 Å². The summed E-state index contributed by atoms with van der Waals surface area (Å²) in [5.41, 5.74) is 1.63. The van der Waals surface area contributed by atoms with Gasteiger partial charge in [0.05, 0.1) is 7.11 Å². The molecule has 0 saturated carbocycles. The Kier molecular flexibility index (Phi) is 3.40. The Labute approximate surface area is 104 Å². The van der Waals surface area contributed by atoms with Crippen molar-refractivity contribution in [2.75, 3.05) is 7.11 Å². The van der Waals surface area contributed by atoms with Gasteiger partial charge in [-0.05, 0) is 25.5 Å². The molecule has 0 bridgehead atoms. The van der Waals surface area contributed by atoms with Crippen LogP contribution >= 0.6 is 11.3 Å². The van der Waals surface area contributed by atoms with Crippen LogP contribution in [0.2, 0.25) is 0 Å². The lowest BCUT2D eigenvalue weighted by molar-refractivity contribution is 0.211. The van der Waals surface area contributed by atoms with Crippen molar-refractivity contribution in [3.63, 3.8) is 0 Å². The van der Waals surface area contributed by atoms with Gasteiger partial charge < -0.3 is 9.84 Å². The number of aryl methyl sites for hydroxylation is 2. The zero-order valence-electron chi connectivity index (χ0n) is 9.97. The summed E-state index contributed by atoms with van der Waals surface area (Å²) in [5, 5.41) is 10.3. The van der Waals surface area contributed by atoms with Gasteiger partial charge in [0.2, 0.25) is 5.88 Å². The highest BCUT2D eigenvalue weighted by atomic mass is 32.1. The first-order valence-electron chi connectivity index (χ1n) is 5.23. The predicted octanol–water partition coefficient (Wildman–Crippen LogP) is 2.25. The number of aliphatic hydroxyl groups excluding tert-OH is 1. The van der Waals surface area contributed by atoms with Crippen molar-refractivity contribution >= 4 is 11.3 Å². The highest BCUT2D eigenvalue weighted by molar-refractivity contribution is 7.12. The summed E-state index contributed by atoms with van der Waals surface area (Å²) in [7, 11) is 1.52. The molecule has 2 heterocycles. The van der Waals surface area contributed by atoms with Crippen LogP contribution in [0.5, 0.6) is 5.88 Å². The molecule has 90 valence electrons. The Morgan fingerprint density at radius 3 is 2.59 bits per heavy atom. The van der Waals surface area contributed by atoms with E-state index in [2.05, 4.69) is 9.97 Å². The highest BCUT2D eigenvalue weighted by Gasteiger charge is 2.20. The third kappa shape index (κ3) is 2.30. The summed E-state index contributed by atoms with van der Waals surface area (Å²) in [6.07, 6.45) is 2.31. The quantitative estimate of drug-likeness (QED) is 0.907. The van der Waals surface area contributed by atoms with E-state index in [1.165, 1.54) is 17.6 Å².